The molecular weight excluding hydrogens is 334 g/mol. The minimum Gasteiger partial charge on any atom is -0.497 e. The second-order valence-corrected chi connectivity index (χ2v) is 6.29. The fraction of sp³-hybridized carbons (Fsp3) is 0.600. The van der Waals surface area contributed by atoms with Crippen molar-refractivity contribution in [1.29, 1.82) is 0 Å². The van der Waals surface area contributed by atoms with E-state index in [1.807, 2.05) is 12.1 Å². The zero-order valence-corrected chi connectivity index (χ0v) is 15.7. The molecule has 1 rings (SSSR count). The first-order chi connectivity index (χ1) is 12.6. The number of methoxy groups -OCH3 is 1. The summed E-state index contributed by atoms with van der Waals surface area (Å²) in [6.45, 7) is 0.669. The molecule has 146 valence electrons. The summed E-state index contributed by atoms with van der Waals surface area (Å²) >= 11 is 0. The Balaban J connectivity index is 1.92. The predicted molar refractivity (Wildman–Crippen MR) is 101 cm³/mol. The molecule has 1 aromatic carbocycles. The van der Waals surface area contributed by atoms with Crippen molar-refractivity contribution in [3.05, 3.63) is 24.3 Å². The third kappa shape index (κ3) is 11.3. The number of ether oxygens (including phenoxy) is 2. The van der Waals surface area contributed by atoms with E-state index in [2.05, 4.69) is 5.32 Å². The molecule has 0 atom stereocenters. The summed E-state index contributed by atoms with van der Waals surface area (Å²) in [5.41, 5.74) is 0. The fourth-order valence-corrected chi connectivity index (χ4v) is 2.58. The lowest BCUT2D eigenvalue weighted by Gasteiger charge is -2.08. The van der Waals surface area contributed by atoms with Crippen molar-refractivity contribution in [3.63, 3.8) is 0 Å². The van der Waals surface area contributed by atoms with Crippen molar-refractivity contribution in [2.24, 2.45) is 0 Å². The standard InChI is InChI=1S/C20H31NO5/c1-25-17-11-10-12-18(15-17)26-16-19(22)21-14-9-7-5-3-2-4-6-8-13-20(23)24/h10-12,15H,2-9,13-14,16H2,1H3,(H,21,22)(H,23,24). The summed E-state index contributed by atoms with van der Waals surface area (Å²) < 4.78 is 10.5. The molecule has 0 unspecified atom stereocenters. The summed E-state index contributed by atoms with van der Waals surface area (Å²) in [5, 5.41) is 11.4. The van der Waals surface area contributed by atoms with Crippen LogP contribution in [0.4, 0.5) is 0 Å². The fourth-order valence-electron chi connectivity index (χ4n) is 2.58. The van der Waals surface area contributed by atoms with Gasteiger partial charge in [0.25, 0.3) is 5.91 Å². The molecule has 2 N–H and O–H groups in total. The van der Waals surface area contributed by atoms with Gasteiger partial charge >= 0.3 is 5.97 Å². The highest BCUT2D eigenvalue weighted by Gasteiger charge is 2.03. The third-order valence-corrected chi connectivity index (χ3v) is 4.05. The lowest BCUT2D eigenvalue weighted by atomic mass is 10.1. The summed E-state index contributed by atoms with van der Waals surface area (Å²) in [7, 11) is 1.59. The number of carbonyl (C=O) groups excluding carboxylic acids is 1. The maximum absolute atomic E-state index is 11.7. The van der Waals surface area contributed by atoms with E-state index in [1.54, 1.807) is 19.2 Å². The summed E-state index contributed by atoms with van der Waals surface area (Å²) in [5.74, 6) is 0.486. The third-order valence-electron chi connectivity index (χ3n) is 4.05. The van der Waals surface area contributed by atoms with Crippen LogP contribution in [0.25, 0.3) is 0 Å². The molecule has 0 saturated heterocycles. The van der Waals surface area contributed by atoms with Crippen LogP contribution in [-0.4, -0.2) is 37.2 Å². The van der Waals surface area contributed by atoms with Gasteiger partial charge in [0.1, 0.15) is 11.5 Å². The molecule has 0 radical (unpaired) electrons. The molecule has 0 aliphatic heterocycles. The van der Waals surface area contributed by atoms with Crippen LogP contribution in [0.15, 0.2) is 24.3 Å². The predicted octanol–water partition coefficient (Wildman–Crippen LogP) is 3.79. The molecule has 0 fully saturated rings. The monoisotopic (exact) mass is 365 g/mol. The normalized spacial score (nSPS) is 10.3. The van der Waals surface area contributed by atoms with Crippen LogP contribution in [0.2, 0.25) is 0 Å². The van der Waals surface area contributed by atoms with Gasteiger partial charge in [-0.15, -0.1) is 0 Å². The zero-order valence-electron chi connectivity index (χ0n) is 15.7. The number of hydrogen-bond acceptors (Lipinski definition) is 4. The SMILES string of the molecule is COc1cccc(OCC(=O)NCCCCCCCCCCC(=O)O)c1. The van der Waals surface area contributed by atoms with E-state index in [0.717, 1.165) is 44.9 Å². The molecule has 0 spiro atoms. The largest absolute Gasteiger partial charge is 0.497 e. The molecule has 0 aliphatic carbocycles. The molecular formula is C20H31NO5. The van der Waals surface area contributed by atoms with Crippen molar-refractivity contribution in [2.75, 3.05) is 20.3 Å². The number of unbranched alkanes of at least 4 members (excludes halogenated alkanes) is 7. The molecule has 0 bridgehead atoms. The van der Waals surface area contributed by atoms with Gasteiger partial charge in [0, 0.05) is 19.0 Å². The van der Waals surface area contributed by atoms with Crippen LogP contribution in [0.3, 0.4) is 0 Å². The lowest BCUT2D eigenvalue weighted by Crippen LogP contribution is -2.29. The molecule has 6 heteroatoms. The Hall–Kier alpha value is -2.24. The first-order valence-electron chi connectivity index (χ1n) is 9.37. The van der Waals surface area contributed by atoms with Crippen LogP contribution in [0.5, 0.6) is 11.5 Å². The Kier molecular flexibility index (Phi) is 11.7. The first kappa shape index (κ1) is 21.8. The van der Waals surface area contributed by atoms with Crippen molar-refractivity contribution < 1.29 is 24.2 Å². The van der Waals surface area contributed by atoms with Crippen LogP contribution in [0, 0.1) is 0 Å². The number of aliphatic carboxylic acids is 1. The molecule has 1 aromatic rings. The van der Waals surface area contributed by atoms with E-state index in [0.29, 0.717) is 18.0 Å². The number of carboxylic acid groups (broad SMARTS) is 1. The number of hydrogen-bond donors (Lipinski definition) is 2. The number of amides is 1. The highest BCUT2D eigenvalue weighted by molar-refractivity contribution is 5.77. The smallest absolute Gasteiger partial charge is 0.303 e. The summed E-state index contributed by atoms with van der Waals surface area (Å²) in [4.78, 5) is 22.1. The van der Waals surface area contributed by atoms with Gasteiger partial charge in [-0.05, 0) is 25.0 Å². The average Bonchev–Trinajstić information content (AvgIpc) is 2.64. The van der Waals surface area contributed by atoms with E-state index in [1.165, 1.54) is 6.42 Å². The van der Waals surface area contributed by atoms with Gasteiger partial charge in [0.2, 0.25) is 0 Å². The topological polar surface area (TPSA) is 84.9 Å². The van der Waals surface area contributed by atoms with Gasteiger partial charge in [-0.3, -0.25) is 9.59 Å². The molecule has 1 amide bonds. The molecule has 0 aliphatic rings. The second-order valence-electron chi connectivity index (χ2n) is 6.29. The molecule has 0 heterocycles. The Morgan fingerprint density at radius 3 is 2.23 bits per heavy atom. The van der Waals surface area contributed by atoms with Crippen LogP contribution >= 0.6 is 0 Å². The Morgan fingerprint density at radius 2 is 1.58 bits per heavy atom. The van der Waals surface area contributed by atoms with Crippen LogP contribution in [-0.2, 0) is 9.59 Å². The van der Waals surface area contributed by atoms with E-state index >= 15 is 0 Å². The molecule has 26 heavy (non-hydrogen) atoms. The van der Waals surface area contributed by atoms with Gasteiger partial charge in [-0.25, -0.2) is 0 Å². The first-order valence-corrected chi connectivity index (χ1v) is 9.37. The maximum Gasteiger partial charge on any atom is 0.303 e. The zero-order chi connectivity index (χ0) is 19.0. The maximum atomic E-state index is 11.7. The quantitative estimate of drug-likeness (QED) is 0.462. The molecule has 0 aromatic heterocycles. The number of rotatable bonds is 15. The van der Waals surface area contributed by atoms with Crippen molar-refractivity contribution in [1.82, 2.24) is 5.32 Å². The van der Waals surface area contributed by atoms with Crippen molar-refractivity contribution in [2.45, 2.75) is 57.8 Å². The summed E-state index contributed by atoms with van der Waals surface area (Å²) in [6.07, 6.45) is 8.67. The number of carbonyl (C=O) groups is 2. The number of benzene rings is 1. The summed E-state index contributed by atoms with van der Waals surface area (Å²) in [6, 6.07) is 7.17. The Morgan fingerprint density at radius 1 is 0.962 bits per heavy atom. The van der Waals surface area contributed by atoms with Crippen molar-refractivity contribution >= 4 is 11.9 Å². The van der Waals surface area contributed by atoms with Crippen LogP contribution in [0.1, 0.15) is 57.8 Å². The van der Waals surface area contributed by atoms with E-state index in [-0.39, 0.29) is 18.9 Å². The number of nitrogens with one attached hydrogen (secondary N) is 1. The highest BCUT2D eigenvalue weighted by atomic mass is 16.5. The van der Waals surface area contributed by atoms with Crippen LogP contribution < -0.4 is 14.8 Å². The van der Waals surface area contributed by atoms with Gasteiger partial charge in [0.15, 0.2) is 6.61 Å². The minimum atomic E-state index is -0.707. The minimum absolute atomic E-state index is 0.00348. The van der Waals surface area contributed by atoms with Gasteiger partial charge in [-0.1, -0.05) is 44.6 Å². The Labute approximate surface area is 155 Å². The highest BCUT2D eigenvalue weighted by Crippen LogP contribution is 2.18. The van der Waals surface area contributed by atoms with E-state index in [9.17, 15) is 9.59 Å². The van der Waals surface area contributed by atoms with E-state index < -0.39 is 5.97 Å². The Bertz CT molecular complexity index is 533. The van der Waals surface area contributed by atoms with Gasteiger partial charge < -0.3 is 19.9 Å². The second kappa shape index (κ2) is 14.0. The van der Waals surface area contributed by atoms with Gasteiger partial charge in [-0.2, -0.15) is 0 Å². The number of carboxylic acids is 1. The van der Waals surface area contributed by atoms with Gasteiger partial charge in [0.05, 0.1) is 7.11 Å². The average molecular weight is 365 g/mol. The molecule has 0 saturated carbocycles. The lowest BCUT2D eigenvalue weighted by molar-refractivity contribution is -0.137. The van der Waals surface area contributed by atoms with Crippen molar-refractivity contribution in [3.8, 4) is 11.5 Å². The molecule has 6 nitrogen and oxygen atoms in total. The van der Waals surface area contributed by atoms with E-state index in [4.69, 9.17) is 14.6 Å².